The molecule has 0 aromatic heterocycles. The van der Waals surface area contributed by atoms with Crippen LogP contribution in [0.25, 0.3) is 0 Å². The van der Waals surface area contributed by atoms with Crippen LogP contribution in [-0.2, 0) is 6.42 Å². The van der Waals surface area contributed by atoms with Crippen LogP contribution in [0.4, 0.5) is 44.2 Å². The minimum Gasteiger partial charge on any atom is -0.507 e. The lowest BCUT2D eigenvalue weighted by molar-refractivity contribution is 0.101. The molecule has 23 nitrogen and oxygen atoms in total. The van der Waals surface area contributed by atoms with Gasteiger partial charge in [-0.1, -0.05) is 170 Å². The van der Waals surface area contributed by atoms with E-state index in [0.717, 1.165) is 22.0 Å². The Balaban J connectivity index is 0.000000186. The first kappa shape index (κ1) is 100. The number of methoxy groups -OCH3 is 1. The molecule has 129 heavy (non-hydrogen) atoms. The summed E-state index contributed by atoms with van der Waals surface area (Å²) in [6.07, 6.45) is 0.895. The summed E-state index contributed by atoms with van der Waals surface area (Å²) in [4.78, 5) is 83.7. The van der Waals surface area contributed by atoms with Crippen LogP contribution >= 0.6 is 109 Å². The lowest BCUT2D eigenvalue weighted by Gasteiger charge is -2.08. The number of nitriles is 1. The molecule has 14 N–H and O–H groups in total. The Bertz CT molecular complexity index is 5920. The number of phenolic OH excluding ortho intramolecular Hbond substituents is 7. The third kappa shape index (κ3) is 32.7. The van der Waals surface area contributed by atoms with Crippen LogP contribution in [0.15, 0.2) is 302 Å². The normalized spacial score (nSPS) is 10.0. The second-order valence-electron chi connectivity index (χ2n) is 26.7. The smallest absolute Gasteiger partial charge is 0.259 e. The Morgan fingerprint density at radius 2 is 0.581 bits per heavy atom. The zero-order valence-corrected chi connectivity index (χ0v) is 75.3. The van der Waals surface area contributed by atoms with Crippen molar-refractivity contribution in [3.8, 4) is 52.1 Å². The molecule has 0 spiro atoms. The van der Waals surface area contributed by atoms with Gasteiger partial charge < -0.3 is 77.7 Å². The van der Waals surface area contributed by atoms with Crippen molar-refractivity contribution in [2.75, 3.05) is 44.3 Å². The quantitative estimate of drug-likeness (QED) is 0.0427. The lowest BCUT2D eigenvalue weighted by Crippen LogP contribution is -2.12. The monoisotopic (exact) mass is 1960 g/mol. The van der Waals surface area contributed by atoms with Crippen molar-refractivity contribution >= 4 is 190 Å². The minimum atomic E-state index is -0.555. The van der Waals surface area contributed by atoms with E-state index in [1.807, 2.05) is 62.4 Å². The molecule has 0 aliphatic carbocycles. The molecule has 658 valence electrons. The van der Waals surface area contributed by atoms with Gasteiger partial charge >= 0.3 is 0 Å². The highest BCUT2D eigenvalue weighted by atomic mass is 79.9. The van der Waals surface area contributed by atoms with E-state index in [2.05, 4.69) is 53.1 Å². The molecule has 14 aromatic rings. The summed E-state index contributed by atoms with van der Waals surface area (Å²) >= 11 is 49.6. The van der Waals surface area contributed by atoms with Crippen LogP contribution in [0, 0.1) is 24.1 Å². The Hall–Kier alpha value is -14.0. The van der Waals surface area contributed by atoms with Crippen molar-refractivity contribution < 1.29 is 78.4 Å². The van der Waals surface area contributed by atoms with Gasteiger partial charge in [0.2, 0.25) is 0 Å². The van der Waals surface area contributed by atoms with Crippen LogP contribution in [0.1, 0.15) is 96.1 Å². The molecule has 0 saturated heterocycles. The minimum absolute atomic E-state index is 0.0340. The highest BCUT2D eigenvalue weighted by Gasteiger charge is 2.20. The second-order valence-corrected chi connectivity index (χ2v) is 31.1. The number of phenols is 7. The van der Waals surface area contributed by atoms with Crippen molar-refractivity contribution in [1.82, 2.24) is 0 Å². The summed E-state index contributed by atoms with van der Waals surface area (Å²) in [5.41, 5.74) is 7.33. The number of hydrogen-bond acceptors (Lipinski definition) is 16. The van der Waals surface area contributed by atoms with Gasteiger partial charge in [0, 0.05) is 90.5 Å². The molecular formula is C96H74BrCl8FN8O15. The lowest BCUT2D eigenvalue weighted by atomic mass is 10.1. The Labute approximate surface area is 787 Å². The summed E-state index contributed by atoms with van der Waals surface area (Å²) in [5.74, 6) is -3.81. The fourth-order valence-corrected chi connectivity index (χ4v) is 12.7. The number of aryl methyl sites for hydroxylation is 2. The maximum atomic E-state index is 12.9. The van der Waals surface area contributed by atoms with Gasteiger partial charge in [-0.05, 0) is 261 Å². The molecule has 0 atom stereocenters. The largest absolute Gasteiger partial charge is 0.507 e. The van der Waals surface area contributed by atoms with Crippen LogP contribution in [0.5, 0.6) is 46.0 Å². The number of ether oxygens (including phenoxy) is 1. The topological polar surface area (TPSA) is 378 Å². The molecule has 0 saturated carbocycles. The predicted molar refractivity (Wildman–Crippen MR) is 511 cm³/mol. The SMILES string of the molecule is CCc1cccc(NC(=O)c2cc(Cl)ccc2O)c1.COc1cccc(NC(=O)c2cc(Cl)ccc2O)c1.Cc1cccc(NC(=O)c2cc(Cl)ccc2O)c1.N#Cc1cccc(NC(=O)c2cc(Cl)ccc2O)c1.O=C(Nc1cccc(Br)c1)c1cc(Cl)ccc1O.O=C(Nc1cccc(Cl)c1)c1cc(Cl)ccc1O.O=C(Nc1cccc(F)c1)c1cc(Cl)ccc1O. The van der Waals surface area contributed by atoms with E-state index in [4.69, 9.17) is 103 Å². The molecule has 14 aromatic carbocycles. The molecule has 0 heterocycles. The van der Waals surface area contributed by atoms with Gasteiger partial charge in [0.05, 0.1) is 57.7 Å². The molecule has 7 amide bonds. The molecule has 33 heteroatoms. The number of nitrogens with one attached hydrogen (secondary N) is 7. The first-order valence-corrected chi connectivity index (χ1v) is 41.5. The van der Waals surface area contributed by atoms with Gasteiger partial charge in [0.25, 0.3) is 41.4 Å². The molecule has 14 rings (SSSR count). The summed E-state index contributed by atoms with van der Waals surface area (Å²) < 4.78 is 18.9. The van der Waals surface area contributed by atoms with E-state index in [1.165, 1.54) is 146 Å². The average molecular weight is 1960 g/mol. The van der Waals surface area contributed by atoms with Gasteiger partial charge in [-0.2, -0.15) is 5.26 Å². The van der Waals surface area contributed by atoms with E-state index >= 15 is 0 Å². The standard InChI is InChI=1S/C15H14ClNO2.C14H9ClN2O2.C14H12ClNO3.C14H12ClNO2.C13H9BrClNO2.C13H9Cl2NO2.C13H9ClFNO2/c1-2-10-4-3-5-12(8-10)17-15(19)13-9-11(16)6-7-14(13)18;15-10-4-5-13(18)12(7-10)14(19)17-11-3-1-2-9(6-11)8-16;1-19-11-4-2-3-10(8-11)16-14(18)12-7-9(15)5-6-13(12)17;1-9-3-2-4-11(7-9)16-14(18)12-8-10(15)5-6-13(12)17;2*14-8-2-1-3-10(6-8)16-13(18)11-7-9(15)4-5-12(11)17;14-8-4-5-12(17)11(6-8)13(18)16-10-3-1-2-9(15)7-10/h3-9,18H,2H2,1H3,(H,17,19);1-7,18H,(H,17,19);2-8,17H,1H3,(H,16,18);2-8,17H,1H3,(H,16,18);3*1-7,17H,(H,16,18). The first-order valence-electron chi connectivity index (χ1n) is 37.7. The number of amides is 7. The molecular weight excluding hydrogens is 1890 g/mol. The number of aromatic hydroxyl groups is 7. The Kier molecular flexibility index (Phi) is 38.7. The third-order valence-corrected chi connectivity index (χ3v) is 19.5. The maximum absolute atomic E-state index is 12.9. The van der Waals surface area contributed by atoms with E-state index in [9.17, 15) is 73.7 Å². The Morgan fingerprint density at radius 1 is 0.318 bits per heavy atom. The molecule has 0 radical (unpaired) electrons. The first-order chi connectivity index (χ1) is 61.5. The molecule has 0 aliphatic heterocycles. The Morgan fingerprint density at radius 3 is 0.891 bits per heavy atom. The van der Waals surface area contributed by atoms with Crippen LogP contribution in [0.3, 0.4) is 0 Å². The summed E-state index contributed by atoms with van der Waals surface area (Å²) in [6, 6.07) is 79.8. The van der Waals surface area contributed by atoms with Crippen molar-refractivity contribution in [3.63, 3.8) is 0 Å². The number of nitrogens with zero attached hydrogens (tertiary/aromatic N) is 1. The van der Waals surface area contributed by atoms with Gasteiger partial charge in [-0.25, -0.2) is 4.39 Å². The fraction of sp³-hybridized carbons (Fsp3) is 0.0417. The van der Waals surface area contributed by atoms with Crippen molar-refractivity contribution in [3.05, 3.63) is 403 Å². The molecule has 0 aliphatic rings. The van der Waals surface area contributed by atoms with Gasteiger partial charge in [-0.15, -0.1) is 0 Å². The van der Waals surface area contributed by atoms with Crippen LogP contribution in [-0.4, -0.2) is 84.2 Å². The number of benzene rings is 14. The third-order valence-electron chi connectivity index (χ3n) is 17.1. The highest BCUT2D eigenvalue weighted by Crippen LogP contribution is 2.32. The number of halogens is 10. The van der Waals surface area contributed by atoms with Gasteiger partial charge in [0.15, 0.2) is 0 Å². The summed E-state index contributed by atoms with van der Waals surface area (Å²) in [7, 11) is 1.55. The predicted octanol–water partition coefficient (Wildman–Crippen LogP) is 25.4. The molecule has 0 unspecified atom stereocenters. The zero-order chi connectivity index (χ0) is 94.0. The van der Waals surface area contributed by atoms with E-state index < -0.39 is 35.4 Å². The second kappa shape index (κ2) is 49.8. The molecule has 0 fully saturated rings. The average Bonchev–Trinajstić information content (AvgIpc) is 0.874. The molecule has 0 bridgehead atoms. The van der Waals surface area contributed by atoms with Crippen LogP contribution in [0.2, 0.25) is 40.2 Å². The van der Waals surface area contributed by atoms with E-state index in [-0.39, 0.29) is 91.0 Å². The van der Waals surface area contributed by atoms with Crippen molar-refractivity contribution in [2.24, 2.45) is 0 Å². The summed E-state index contributed by atoms with van der Waals surface area (Å²) in [6.45, 7) is 3.98. The van der Waals surface area contributed by atoms with Gasteiger partial charge in [0.1, 0.15) is 51.8 Å². The number of rotatable bonds is 16. The van der Waals surface area contributed by atoms with Gasteiger partial charge in [-0.3, -0.25) is 33.6 Å². The van der Waals surface area contributed by atoms with Crippen molar-refractivity contribution in [2.45, 2.75) is 20.3 Å². The fourth-order valence-electron chi connectivity index (χ4n) is 10.9. The number of anilines is 7. The number of carbonyl (C=O) groups excluding carboxylic acids is 7. The highest BCUT2D eigenvalue weighted by molar-refractivity contribution is 9.10. The van der Waals surface area contributed by atoms with E-state index in [0.29, 0.717) is 91.3 Å². The van der Waals surface area contributed by atoms with Crippen LogP contribution < -0.4 is 42.0 Å². The number of carbonyl (C=O) groups is 7. The van der Waals surface area contributed by atoms with E-state index in [1.54, 1.807) is 116 Å². The number of hydrogen-bond donors (Lipinski definition) is 14. The maximum Gasteiger partial charge on any atom is 0.259 e. The summed E-state index contributed by atoms with van der Waals surface area (Å²) in [5, 5.41) is 97.7. The van der Waals surface area contributed by atoms with Crippen molar-refractivity contribution in [1.29, 1.82) is 5.26 Å². The zero-order valence-electron chi connectivity index (χ0n) is 67.6.